The summed E-state index contributed by atoms with van der Waals surface area (Å²) in [5, 5.41) is 9.33. The van der Waals surface area contributed by atoms with Crippen LogP contribution in [0.1, 0.15) is 11.1 Å². The van der Waals surface area contributed by atoms with Crippen LogP contribution in [0.2, 0.25) is 0 Å². The zero-order valence-electron chi connectivity index (χ0n) is 9.98. The molecule has 86 valence electrons. The van der Waals surface area contributed by atoms with E-state index in [1.807, 2.05) is 18.2 Å². The van der Waals surface area contributed by atoms with Gasteiger partial charge in [0.15, 0.2) is 0 Å². The van der Waals surface area contributed by atoms with Crippen molar-refractivity contribution in [3.63, 3.8) is 0 Å². The lowest BCUT2D eigenvalue weighted by molar-refractivity contribution is 0.475. The number of hydrogen-bond donors (Lipinski definition) is 1. The first kappa shape index (κ1) is 11.5. The van der Waals surface area contributed by atoms with Gasteiger partial charge in [-0.25, -0.2) is 0 Å². The van der Waals surface area contributed by atoms with Gasteiger partial charge in [0, 0.05) is 0 Å². The molecule has 0 heterocycles. The van der Waals surface area contributed by atoms with Crippen LogP contribution in [0.5, 0.6) is 5.75 Å². The van der Waals surface area contributed by atoms with Gasteiger partial charge in [-0.05, 0) is 47.7 Å². The quantitative estimate of drug-likeness (QED) is 0.778. The van der Waals surface area contributed by atoms with Crippen LogP contribution >= 0.6 is 0 Å². The van der Waals surface area contributed by atoms with Gasteiger partial charge in [-0.1, -0.05) is 36.4 Å². The van der Waals surface area contributed by atoms with Crippen molar-refractivity contribution in [2.24, 2.45) is 0 Å². The number of allylic oxidation sites excluding steroid dienone is 1. The zero-order valence-corrected chi connectivity index (χ0v) is 9.98. The van der Waals surface area contributed by atoms with E-state index in [9.17, 15) is 5.11 Å². The summed E-state index contributed by atoms with van der Waals surface area (Å²) in [7, 11) is 0. The van der Waals surface area contributed by atoms with Gasteiger partial charge in [0.25, 0.3) is 0 Å². The molecule has 1 heteroatoms. The molecule has 0 saturated carbocycles. The molecule has 1 nitrogen and oxygen atoms in total. The molecule has 2 rings (SSSR count). The summed E-state index contributed by atoms with van der Waals surface area (Å²) < 4.78 is 0. The fraction of sp³-hybridized carbons (Fsp3) is 0.125. The minimum absolute atomic E-state index is 0.299. The highest BCUT2D eigenvalue weighted by Crippen LogP contribution is 2.29. The van der Waals surface area contributed by atoms with Crippen molar-refractivity contribution in [1.82, 2.24) is 0 Å². The Balaban J connectivity index is 2.56. The third-order valence-electron chi connectivity index (χ3n) is 2.88. The number of benzene rings is 2. The summed E-state index contributed by atoms with van der Waals surface area (Å²) in [6.07, 6.45) is 2.77. The number of aryl methyl sites for hydroxylation is 1. The second-order valence-electron chi connectivity index (χ2n) is 4.15. The number of phenols is 1. The topological polar surface area (TPSA) is 20.2 Å². The van der Waals surface area contributed by atoms with E-state index in [4.69, 9.17) is 0 Å². The first-order chi connectivity index (χ1) is 8.22. The van der Waals surface area contributed by atoms with Gasteiger partial charge in [-0.3, -0.25) is 0 Å². The molecular formula is C16H16O. The minimum atomic E-state index is 0.299. The molecule has 2 aromatic rings. The average molecular weight is 224 g/mol. The van der Waals surface area contributed by atoms with Crippen molar-refractivity contribution >= 4 is 0 Å². The van der Waals surface area contributed by atoms with Crippen molar-refractivity contribution in [2.75, 3.05) is 0 Å². The van der Waals surface area contributed by atoms with E-state index < -0.39 is 0 Å². The van der Waals surface area contributed by atoms with Crippen LogP contribution in [0.3, 0.4) is 0 Å². The predicted molar refractivity (Wildman–Crippen MR) is 72.2 cm³/mol. The number of phenolic OH excluding ortho intramolecular Hbond substituents is 1. The number of aromatic hydroxyl groups is 1. The first-order valence-electron chi connectivity index (χ1n) is 5.71. The Bertz CT molecular complexity index is 524. The van der Waals surface area contributed by atoms with Crippen LogP contribution in [-0.4, -0.2) is 5.11 Å². The average Bonchev–Trinajstić information content (AvgIpc) is 2.32. The summed E-state index contributed by atoms with van der Waals surface area (Å²) in [4.78, 5) is 0. The maximum Gasteiger partial charge on any atom is 0.115 e. The Morgan fingerprint density at radius 1 is 1.12 bits per heavy atom. The summed E-state index contributed by atoms with van der Waals surface area (Å²) in [5.41, 5.74) is 4.89. The molecule has 1 N–H and O–H groups in total. The Kier molecular flexibility index (Phi) is 3.29. The molecule has 0 fully saturated rings. The molecule has 0 aromatic heterocycles. The van der Waals surface area contributed by atoms with Crippen LogP contribution in [0.15, 0.2) is 55.1 Å². The van der Waals surface area contributed by atoms with Crippen molar-refractivity contribution in [3.05, 3.63) is 66.2 Å². The monoisotopic (exact) mass is 224 g/mol. The third kappa shape index (κ3) is 2.39. The van der Waals surface area contributed by atoms with E-state index in [0.717, 1.165) is 12.0 Å². The Labute approximate surface area is 102 Å². The fourth-order valence-electron chi connectivity index (χ4n) is 2.10. The normalized spacial score (nSPS) is 10.2. The molecule has 0 aliphatic heterocycles. The molecule has 0 aliphatic rings. The van der Waals surface area contributed by atoms with Crippen LogP contribution < -0.4 is 0 Å². The third-order valence-corrected chi connectivity index (χ3v) is 2.88. The number of rotatable bonds is 3. The highest BCUT2D eigenvalue weighted by molar-refractivity contribution is 5.71. The van der Waals surface area contributed by atoms with E-state index in [2.05, 4.69) is 31.7 Å². The lowest BCUT2D eigenvalue weighted by Gasteiger charge is -2.11. The van der Waals surface area contributed by atoms with Crippen molar-refractivity contribution in [1.29, 1.82) is 0 Å². The van der Waals surface area contributed by atoms with Gasteiger partial charge in [0.05, 0.1) is 0 Å². The smallest absolute Gasteiger partial charge is 0.115 e. The predicted octanol–water partition coefficient (Wildman–Crippen LogP) is 4.10. The van der Waals surface area contributed by atoms with Gasteiger partial charge in [0.1, 0.15) is 5.75 Å². The molecule has 17 heavy (non-hydrogen) atoms. The van der Waals surface area contributed by atoms with Crippen LogP contribution in [0.4, 0.5) is 0 Å². The van der Waals surface area contributed by atoms with Crippen molar-refractivity contribution in [3.8, 4) is 16.9 Å². The molecule has 0 aliphatic carbocycles. The van der Waals surface area contributed by atoms with E-state index in [1.165, 1.54) is 16.7 Å². The first-order valence-corrected chi connectivity index (χ1v) is 5.71. The van der Waals surface area contributed by atoms with E-state index in [0.29, 0.717) is 5.75 Å². The molecular weight excluding hydrogens is 208 g/mol. The highest BCUT2D eigenvalue weighted by atomic mass is 16.3. The maximum atomic E-state index is 9.33. The molecule has 0 saturated heterocycles. The van der Waals surface area contributed by atoms with Gasteiger partial charge in [0.2, 0.25) is 0 Å². The molecule has 0 atom stereocenters. The Morgan fingerprint density at radius 3 is 2.47 bits per heavy atom. The fourth-order valence-corrected chi connectivity index (χ4v) is 2.10. The van der Waals surface area contributed by atoms with Gasteiger partial charge in [-0.2, -0.15) is 0 Å². The SMILES string of the molecule is C=CCc1cccc(C)c1-c1ccc(O)cc1. The largest absolute Gasteiger partial charge is 0.508 e. The summed E-state index contributed by atoms with van der Waals surface area (Å²) in [5.74, 6) is 0.299. The minimum Gasteiger partial charge on any atom is -0.508 e. The second kappa shape index (κ2) is 4.88. The van der Waals surface area contributed by atoms with E-state index >= 15 is 0 Å². The Morgan fingerprint density at radius 2 is 1.82 bits per heavy atom. The summed E-state index contributed by atoms with van der Waals surface area (Å²) in [6, 6.07) is 13.6. The lowest BCUT2D eigenvalue weighted by Crippen LogP contribution is -1.91. The lowest BCUT2D eigenvalue weighted by atomic mass is 9.93. The molecule has 0 bridgehead atoms. The van der Waals surface area contributed by atoms with Gasteiger partial charge < -0.3 is 5.11 Å². The van der Waals surface area contributed by atoms with Gasteiger partial charge in [-0.15, -0.1) is 6.58 Å². The second-order valence-corrected chi connectivity index (χ2v) is 4.15. The number of hydrogen-bond acceptors (Lipinski definition) is 1. The van der Waals surface area contributed by atoms with Crippen molar-refractivity contribution in [2.45, 2.75) is 13.3 Å². The summed E-state index contributed by atoms with van der Waals surface area (Å²) >= 11 is 0. The molecule has 0 unspecified atom stereocenters. The van der Waals surface area contributed by atoms with E-state index in [-0.39, 0.29) is 0 Å². The molecule has 0 radical (unpaired) electrons. The van der Waals surface area contributed by atoms with Crippen LogP contribution in [-0.2, 0) is 6.42 Å². The van der Waals surface area contributed by atoms with Crippen LogP contribution in [0, 0.1) is 6.92 Å². The van der Waals surface area contributed by atoms with Crippen molar-refractivity contribution < 1.29 is 5.11 Å². The molecule has 0 amide bonds. The standard InChI is InChI=1S/C16H16O/c1-3-5-13-7-4-6-12(2)16(13)14-8-10-15(17)11-9-14/h3-4,6-11,17H,1,5H2,2H3. The molecule has 2 aromatic carbocycles. The zero-order chi connectivity index (χ0) is 12.3. The summed E-state index contributed by atoms with van der Waals surface area (Å²) in [6.45, 7) is 5.90. The van der Waals surface area contributed by atoms with E-state index in [1.54, 1.807) is 12.1 Å². The Hall–Kier alpha value is -2.02. The van der Waals surface area contributed by atoms with Gasteiger partial charge >= 0.3 is 0 Å². The molecule has 0 spiro atoms. The van der Waals surface area contributed by atoms with Crippen LogP contribution in [0.25, 0.3) is 11.1 Å². The highest BCUT2D eigenvalue weighted by Gasteiger charge is 2.06. The maximum absolute atomic E-state index is 9.33.